The summed E-state index contributed by atoms with van der Waals surface area (Å²) in [6.07, 6.45) is 1.09. The highest BCUT2D eigenvalue weighted by molar-refractivity contribution is 5.58. The van der Waals surface area contributed by atoms with Gasteiger partial charge in [0.25, 0.3) is 0 Å². The van der Waals surface area contributed by atoms with E-state index in [1.807, 2.05) is 13.0 Å². The number of nitrogens with two attached hydrogens (primary N) is 2. The SMILES string of the molecule is Cc1cc(N2CCC(N)C2)ccc1N. The van der Waals surface area contributed by atoms with Crippen molar-refractivity contribution in [2.45, 2.75) is 19.4 Å². The largest absolute Gasteiger partial charge is 0.399 e. The molecule has 0 radical (unpaired) electrons. The minimum atomic E-state index is 0.327. The van der Waals surface area contributed by atoms with E-state index < -0.39 is 0 Å². The number of aryl methyl sites for hydroxylation is 1. The number of rotatable bonds is 1. The van der Waals surface area contributed by atoms with Crippen LogP contribution in [-0.4, -0.2) is 19.1 Å². The Balaban J connectivity index is 2.20. The number of nitrogens with zero attached hydrogens (tertiary/aromatic N) is 1. The molecule has 0 aliphatic carbocycles. The molecule has 1 atom stereocenters. The minimum absolute atomic E-state index is 0.327. The first-order valence-electron chi connectivity index (χ1n) is 5.03. The summed E-state index contributed by atoms with van der Waals surface area (Å²) in [5.74, 6) is 0. The molecule has 0 saturated carbocycles. The van der Waals surface area contributed by atoms with Gasteiger partial charge in [0.05, 0.1) is 0 Å². The van der Waals surface area contributed by atoms with Crippen LogP contribution in [0.2, 0.25) is 0 Å². The number of anilines is 2. The third-order valence-corrected chi connectivity index (χ3v) is 2.84. The molecule has 3 heteroatoms. The summed E-state index contributed by atoms with van der Waals surface area (Å²) in [6, 6.07) is 6.50. The van der Waals surface area contributed by atoms with Gasteiger partial charge in [-0.3, -0.25) is 0 Å². The van der Waals surface area contributed by atoms with Gasteiger partial charge >= 0.3 is 0 Å². The van der Waals surface area contributed by atoms with E-state index in [2.05, 4.69) is 17.0 Å². The van der Waals surface area contributed by atoms with E-state index in [1.54, 1.807) is 0 Å². The number of benzene rings is 1. The maximum atomic E-state index is 5.86. The number of nitrogen functional groups attached to an aromatic ring is 1. The van der Waals surface area contributed by atoms with Crippen molar-refractivity contribution in [3.8, 4) is 0 Å². The third-order valence-electron chi connectivity index (χ3n) is 2.84. The molecule has 4 N–H and O–H groups in total. The van der Waals surface area contributed by atoms with Crippen LogP contribution in [0.25, 0.3) is 0 Å². The molecule has 0 bridgehead atoms. The molecule has 1 heterocycles. The fourth-order valence-electron chi connectivity index (χ4n) is 1.88. The van der Waals surface area contributed by atoms with Crippen LogP contribution in [0, 0.1) is 6.92 Å². The highest BCUT2D eigenvalue weighted by atomic mass is 15.2. The Morgan fingerprint density at radius 3 is 2.79 bits per heavy atom. The van der Waals surface area contributed by atoms with Crippen molar-refractivity contribution in [1.82, 2.24) is 0 Å². The van der Waals surface area contributed by atoms with Crippen molar-refractivity contribution >= 4 is 11.4 Å². The smallest absolute Gasteiger partial charge is 0.0370 e. The predicted molar refractivity (Wildman–Crippen MR) is 60.4 cm³/mol. The molecule has 1 fully saturated rings. The van der Waals surface area contributed by atoms with Crippen LogP contribution in [0.3, 0.4) is 0 Å². The molecule has 1 aromatic carbocycles. The molecule has 76 valence electrons. The van der Waals surface area contributed by atoms with Crippen LogP contribution in [-0.2, 0) is 0 Å². The van der Waals surface area contributed by atoms with Crippen molar-refractivity contribution < 1.29 is 0 Å². The van der Waals surface area contributed by atoms with E-state index in [0.29, 0.717) is 6.04 Å². The van der Waals surface area contributed by atoms with Gasteiger partial charge in [-0.05, 0) is 37.1 Å². The van der Waals surface area contributed by atoms with Gasteiger partial charge in [-0.25, -0.2) is 0 Å². The Morgan fingerprint density at radius 1 is 1.43 bits per heavy atom. The summed E-state index contributed by atoms with van der Waals surface area (Å²) in [5, 5.41) is 0. The van der Waals surface area contributed by atoms with Gasteiger partial charge in [-0.2, -0.15) is 0 Å². The lowest BCUT2D eigenvalue weighted by molar-refractivity contribution is 0.752. The van der Waals surface area contributed by atoms with Crippen LogP contribution in [0.5, 0.6) is 0 Å². The van der Waals surface area contributed by atoms with Crippen molar-refractivity contribution in [1.29, 1.82) is 0 Å². The summed E-state index contributed by atoms with van der Waals surface area (Å²) >= 11 is 0. The van der Waals surface area contributed by atoms with Crippen LogP contribution < -0.4 is 16.4 Å². The molecule has 14 heavy (non-hydrogen) atoms. The second kappa shape index (κ2) is 3.50. The zero-order valence-corrected chi connectivity index (χ0v) is 8.53. The van der Waals surface area contributed by atoms with Gasteiger partial charge in [0, 0.05) is 30.5 Å². The van der Waals surface area contributed by atoms with E-state index >= 15 is 0 Å². The monoisotopic (exact) mass is 191 g/mol. The number of hydrogen-bond acceptors (Lipinski definition) is 3. The zero-order chi connectivity index (χ0) is 10.1. The molecule has 1 aliphatic heterocycles. The van der Waals surface area contributed by atoms with E-state index in [1.165, 1.54) is 5.69 Å². The summed E-state index contributed by atoms with van der Waals surface area (Å²) in [7, 11) is 0. The van der Waals surface area contributed by atoms with E-state index in [0.717, 1.165) is 30.8 Å². The molecular formula is C11H17N3. The Kier molecular flexibility index (Phi) is 2.33. The number of hydrogen-bond donors (Lipinski definition) is 2. The van der Waals surface area contributed by atoms with Crippen molar-refractivity contribution in [3.05, 3.63) is 23.8 Å². The van der Waals surface area contributed by atoms with Gasteiger partial charge in [0.15, 0.2) is 0 Å². The average Bonchev–Trinajstić information content (AvgIpc) is 2.57. The van der Waals surface area contributed by atoms with Crippen molar-refractivity contribution in [2.24, 2.45) is 5.73 Å². The normalized spacial score (nSPS) is 21.6. The van der Waals surface area contributed by atoms with E-state index in [4.69, 9.17) is 11.5 Å². The van der Waals surface area contributed by atoms with Gasteiger partial charge in [0.2, 0.25) is 0 Å². The first-order chi connectivity index (χ1) is 6.66. The van der Waals surface area contributed by atoms with Crippen molar-refractivity contribution in [2.75, 3.05) is 23.7 Å². The highest BCUT2D eigenvalue weighted by Crippen LogP contribution is 2.23. The third kappa shape index (κ3) is 1.68. The second-order valence-corrected chi connectivity index (χ2v) is 4.04. The van der Waals surface area contributed by atoms with Gasteiger partial charge in [-0.15, -0.1) is 0 Å². The molecule has 1 aliphatic rings. The van der Waals surface area contributed by atoms with Gasteiger partial charge in [-0.1, -0.05) is 0 Å². The van der Waals surface area contributed by atoms with E-state index in [9.17, 15) is 0 Å². The molecule has 0 spiro atoms. The van der Waals surface area contributed by atoms with Gasteiger partial charge < -0.3 is 16.4 Å². The maximum absolute atomic E-state index is 5.86. The molecule has 3 nitrogen and oxygen atoms in total. The Labute approximate surface area is 84.7 Å². The first kappa shape index (κ1) is 9.34. The summed E-state index contributed by atoms with van der Waals surface area (Å²) in [5.41, 5.74) is 14.9. The second-order valence-electron chi connectivity index (χ2n) is 4.04. The lowest BCUT2D eigenvalue weighted by Crippen LogP contribution is -2.26. The predicted octanol–water partition coefficient (Wildman–Crippen LogP) is 1.11. The molecule has 1 unspecified atom stereocenters. The molecular weight excluding hydrogens is 174 g/mol. The van der Waals surface area contributed by atoms with Crippen LogP contribution in [0.1, 0.15) is 12.0 Å². The Bertz CT molecular complexity index is 335. The zero-order valence-electron chi connectivity index (χ0n) is 8.53. The topological polar surface area (TPSA) is 55.3 Å². The summed E-state index contributed by atoms with van der Waals surface area (Å²) < 4.78 is 0. The molecule has 0 amide bonds. The standard InChI is InChI=1S/C11H17N3/c1-8-6-10(2-3-11(8)13)14-5-4-9(12)7-14/h2-3,6,9H,4-5,7,12-13H2,1H3. The molecule has 1 aromatic rings. The van der Waals surface area contributed by atoms with Crippen molar-refractivity contribution in [3.63, 3.8) is 0 Å². The fraction of sp³-hybridized carbons (Fsp3) is 0.455. The molecule has 1 saturated heterocycles. The maximum Gasteiger partial charge on any atom is 0.0370 e. The van der Waals surface area contributed by atoms with Gasteiger partial charge in [0.1, 0.15) is 0 Å². The first-order valence-corrected chi connectivity index (χ1v) is 5.03. The highest BCUT2D eigenvalue weighted by Gasteiger charge is 2.19. The lowest BCUT2D eigenvalue weighted by Gasteiger charge is -2.18. The van der Waals surface area contributed by atoms with Crippen LogP contribution >= 0.6 is 0 Å². The lowest BCUT2D eigenvalue weighted by atomic mass is 10.2. The van der Waals surface area contributed by atoms with Crippen LogP contribution in [0.15, 0.2) is 18.2 Å². The summed E-state index contributed by atoms with van der Waals surface area (Å²) in [4.78, 5) is 2.32. The minimum Gasteiger partial charge on any atom is -0.399 e. The Morgan fingerprint density at radius 2 is 2.21 bits per heavy atom. The van der Waals surface area contributed by atoms with Crippen LogP contribution in [0.4, 0.5) is 11.4 Å². The summed E-state index contributed by atoms with van der Waals surface area (Å²) in [6.45, 7) is 4.06. The Hall–Kier alpha value is -1.22. The van der Waals surface area contributed by atoms with E-state index in [-0.39, 0.29) is 0 Å². The fourth-order valence-corrected chi connectivity index (χ4v) is 1.88. The molecule has 2 rings (SSSR count). The molecule has 0 aromatic heterocycles. The average molecular weight is 191 g/mol. The quantitative estimate of drug-likeness (QED) is 0.654.